The van der Waals surface area contributed by atoms with Crippen LogP contribution in [0.5, 0.6) is 5.75 Å². The lowest BCUT2D eigenvalue weighted by Gasteiger charge is -2.14. The molecule has 0 unspecified atom stereocenters. The molecule has 0 spiro atoms. The molecule has 0 aromatic heterocycles. The van der Waals surface area contributed by atoms with Crippen LogP contribution in [-0.2, 0) is 4.74 Å². The Morgan fingerprint density at radius 2 is 1.76 bits per heavy atom. The number of rotatable bonds is 6. The molecule has 0 aliphatic rings. The van der Waals surface area contributed by atoms with Crippen LogP contribution in [0.1, 0.15) is 10.4 Å². The first-order valence-corrected chi connectivity index (χ1v) is 8.28. The third-order valence-corrected chi connectivity index (χ3v) is 4.08. The maximum Gasteiger partial charge on any atom is 0.256 e. The summed E-state index contributed by atoms with van der Waals surface area (Å²) < 4.78 is 10.6. The highest BCUT2D eigenvalue weighted by molar-refractivity contribution is 6.32. The first-order valence-electron chi connectivity index (χ1n) is 7.90. The highest BCUT2D eigenvalue weighted by Crippen LogP contribution is 2.33. The van der Waals surface area contributed by atoms with Gasteiger partial charge in [0.25, 0.3) is 5.91 Å². The van der Waals surface area contributed by atoms with Gasteiger partial charge in [-0.25, -0.2) is 0 Å². The third-order valence-electron chi connectivity index (χ3n) is 3.78. The standard InChI is InChI=1S/C20H18ClNO3/c1-24-12-13-25-19-17(21)10-5-11-18(19)22-20(23)16-9-4-7-14-6-2-3-8-15(14)16/h2-11H,12-13H2,1H3,(H,22,23). The lowest BCUT2D eigenvalue weighted by atomic mass is 10.0. The van der Waals surface area contributed by atoms with Crippen LogP contribution >= 0.6 is 11.6 Å². The number of para-hydroxylation sites is 1. The zero-order chi connectivity index (χ0) is 17.6. The van der Waals surface area contributed by atoms with Crippen molar-refractivity contribution >= 4 is 34.0 Å². The van der Waals surface area contributed by atoms with Crippen LogP contribution in [0.2, 0.25) is 5.02 Å². The molecule has 1 amide bonds. The monoisotopic (exact) mass is 355 g/mol. The maximum absolute atomic E-state index is 12.8. The Labute approximate surface area is 151 Å². The van der Waals surface area contributed by atoms with Crippen molar-refractivity contribution in [2.75, 3.05) is 25.6 Å². The molecule has 0 saturated carbocycles. The van der Waals surface area contributed by atoms with Gasteiger partial charge in [0.1, 0.15) is 6.61 Å². The average molecular weight is 356 g/mol. The second-order valence-corrected chi connectivity index (χ2v) is 5.85. The fourth-order valence-corrected chi connectivity index (χ4v) is 2.82. The van der Waals surface area contributed by atoms with E-state index in [9.17, 15) is 4.79 Å². The summed E-state index contributed by atoms with van der Waals surface area (Å²) in [6.07, 6.45) is 0. The van der Waals surface area contributed by atoms with E-state index in [0.717, 1.165) is 10.8 Å². The zero-order valence-corrected chi connectivity index (χ0v) is 14.5. The van der Waals surface area contributed by atoms with Gasteiger partial charge in [-0.05, 0) is 29.0 Å². The minimum atomic E-state index is -0.212. The van der Waals surface area contributed by atoms with Crippen LogP contribution < -0.4 is 10.1 Å². The lowest BCUT2D eigenvalue weighted by molar-refractivity contribution is 0.102. The number of benzene rings is 3. The van der Waals surface area contributed by atoms with E-state index >= 15 is 0 Å². The number of halogens is 1. The number of anilines is 1. The largest absolute Gasteiger partial charge is 0.487 e. The van der Waals surface area contributed by atoms with Crippen LogP contribution in [0.4, 0.5) is 5.69 Å². The summed E-state index contributed by atoms with van der Waals surface area (Å²) in [6, 6.07) is 18.7. The summed E-state index contributed by atoms with van der Waals surface area (Å²) in [5, 5.41) is 5.24. The highest BCUT2D eigenvalue weighted by Gasteiger charge is 2.14. The Balaban J connectivity index is 1.89. The van der Waals surface area contributed by atoms with Crippen LogP contribution in [0.3, 0.4) is 0 Å². The molecule has 128 valence electrons. The fraction of sp³-hybridized carbons (Fsp3) is 0.150. The normalized spacial score (nSPS) is 10.6. The van der Waals surface area contributed by atoms with Crippen molar-refractivity contribution in [2.24, 2.45) is 0 Å². The summed E-state index contributed by atoms with van der Waals surface area (Å²) in [6.45, 7) is 0.777. The highest BCUT2D eigenvalue weighted by atomic mass is 35.5. The molecule has 5 heteroatoms. The number of ether oxygens (including phenoxy) is 2. The second-order valence-electron chi connectivity index (χ2n) is 5.44. The maximum atomic E-state index is 12.8. The molecule has 0 bridgehead atoms. The van der Waals surface area contributed by atoms with Crippen LogP contribution in [0, 0.1) is 0 Å². The van der Waals surface area contributed by atoms with Gasteiger partial charge >= 0.3 is 0 Å². The predicted octanol–water partition coefficient (Wildman–Crippen LogP) is 4.77. The summed E-state index contributed by atoms with van der Waals surface area (Å²) >= 11 is 6.22. The number of nitrogens with one attached hydrogen (secondary N) is 1. The van der Waals surface area contributed by atoms with E-state index < -0.39 is 0 Å². The molecule has 4 nitrogen and oxygen atoms in total. The quantitative estimate of drug-likeness (QED) is 0.648. The van der Waals surface area contributed by atoms with E-state index in [-0.39, 0.29) is 5.91 Å². The van der Waals surface area contributed by atoms with Gasteiger partial charge in [0.05, 0.1) is 17.3 Å². The van der Waals surface area contributed by atoms with Crippen molar-refractivity contribution in [1.82, 2.24) is 0 Å². The smallest absolute Gasteiger partial charge is 0.256 e. The Hall–Kier alpha value is -2.56. The van der Waals surface area contributed by atoms with Gasteiger partial charge in [0.15, 0.2) is 5.75 Å². The number of carbonyl (C=O) groups is 1. The van der Waals surface area contributed by atoms with Gasteiger partial charge in [0, 0.05) is 12.7 Å². The lowest BCUT2D eigenvalue weighted by Crippen LogP contribution is -2.14. The SMILES string of the molecule is COCCOc1c(Cl)cccc1NC(=O)c1cccc2ccccc12. The van der Waals surface area contributed by atoms with E-state index in [1.54, 1.807) is 31.4 Å². The summed E-state index contributed by atoms with van der Waals surface area (Å²) in [5.41, 5.74) is 1.13. The van der Waals surface area contributed by atoms with E-state index in [1.165, 1.54) is 0 Å². The van der Waals surface area contributed by atoms with Gasteiger partial charge in [-0.1, -0.05) is 54.1 Å². The predicted molar refractivity (Wildman–Crippen MR) is 101 cm³/mol. The molecule has 0 saturated heterocycles. The molecule has 0 atom stereocenters. The van der Waals surface area contributed by atoms with E-state index in [2.05, 4.69) is 5.32 Å². The van der Waals surface area contributed by atoms with Crippen LogP contribution in [0.25, 0.3) is 10.8 Å². The van der Waals surface area contributed by atoms with E-state index in [4.69, 9.17) is 21.1 Å². The van der Waals surface area contributed by atoms with Gasteiger partial charge < -0.3 is 14.8 Å². The molecule has 3 aromatic carbocycles. The summed E-state index contributed by atoms with van der Waals surface area (Å²) in [5.74, 6) is 0.227. The Bertz CT molecular complexity index is 890. The van der Waals surface area contributed by atoms with Crippen molar-refractivity contribution in [1.29, 1.82) is 0 Å². The first kappa shape index (κ1) is 17.3. The number of methoxy groups -OCH3 is 1. The minimum Gasteiger partial charge on any atom is -0.487 e. The molecule has 25 heavy (non-hydrogen) atoms. The third kappa shape index (κ3) is 3.92. The number of amides is 1. The minimum absolute atomic E-state index is 0.212. The van der Waals surface area contributed by atoms with Gasteiger partial charge in [-0.3, -0.25) is 4.79 Å². The molecule has 3 rings (SSSR count). The van der Waals surface area contributed by atoms with Crippen molar-refractivity contribution in [3.8, 4) is 5.75 Å². The molecule has 3 aromatic rings. The van der Waals surface area contributed by atoms with Crippen molar-refractivity contribution in [3.63, 3.8) is 0 Å². The Kier molecular flexibility index (Phi) is 5.53. The molecule has 0 fully saturated rings. The Morgan fingerprint density at radius 1 is 1.00 bits per heavy atom. The van der Waals surface area contributed by atoms with Crippen molar-refractivity contribution in [2.45, 2.75) is 0 Å². The Morgan fingerprint density at radius 3 is 2.60 bits per heavy atom. The number of fused-ring (bicyclic) bond motifs is 1. The van der Waals surface area contributed by atoms with Crippen LogP contribution in [-0.4, -0.2) is 26.2 Å². The van der Waals surface area contributed by atoms with E-state index in [0.29, 0.717) is 35.2 Å². The molecular formula is C20H18ClNO3. The van der Waals surface area contributed by atoms with Crippen molar-refractivity contribution < 1.29 is 14.3 Å². The summed E-state index contributed by atoms with van der Waals surface area (Å²) in [7, 11) is 1.60. The van der Waals surface area contributed by atoms with Gasteiger partial charge in [-0.15, -0.1) is 0 Å². The van der Waals surface area contributed by atoms with Crippen LogP contribution in [0.15, 0.2) is 60.7 Å². The molecular weight excluding hydrogens is 338 g/mol. The van der Waals surface area contributed by atoms with Gasteiger partial charge in [-0.2, -0.15) is 0 Å². The average Bonchev–Trinajstić information content (AvgIpc) is 2.63. The fourth-order valence-electron chi connectivity index (χ4n) is 2.59. The molecule has 0 aliphatic carbocycles. The number of carbonyl (C=O) groups excluding carboxylic acids is 1. The van der Waals surface area contributed by atoms with E-state index in [1.807, 2.05) is 36.4 Å². The van der Waals surface area contributed by atoms with Crippen molar-refractivity contribution in [3.05, 3.63) is 71.2 Å². The molecule has 1 N–H and O–H groups in total. The number of hydrogen-bond acceptors (Lipinski definition) is 3. The number of hydrogen-bond donors (Lipinski definition) is 1. The second kappa shape index (κ2) is 8.01. The summed E-state index contributed by atoms with van der Waals surface area (Å²) in [4.78, 5) is 12.8. The molecule has 0 heterocycles. The molecule has 0 radical (unpaired) electrons. The topological polar surface area (TPSA) is 47.6 Å². The molecule has 0 aliphatic heterocycles. The zero-order valence-electron chi connectivity index (χ0n) is 13.8. The first-order chi connectivity index (χ1) is 12.2. The van der Waals surface area contributed by atoms with Gasteiger partial charge in [0.2, 0.25) is 0 Å².